The summed E-state index contributed by atoms with van der Waals surface area (Å²) in [5.74, 6) is 0.159. The van der Waals surface area contributed by atoms with Crippen LogP contribution in [0.3, 0.4) is 0 Å². The number of benzene rings is 2. The first-order valence-electron chi connectivity index (χ1n) is 10.7. The Balaban J connectivity index is 2.14. The monoisotopic (exact) mass is 498 g/mol. The topological polar surface area (TPSA) is 49.4 Å². The summed E-state index contributed by atoms with van der Waals surface area (Å²) in [5.41, 5.74) is 1.66. The van der Waals surface area contributed by atoms with Gasteiger partial charge in [-0.25, -0.2) is 4.39 Å². The fourth-order valence-corrected chi connectivity index (χ4v) is 4.52. The second-order valence-corrected chi connectivity index (χ2v) is 9.27. The number of carbonyl (C=O) groups excluding carboxylic acids is 2. The van der Waals surface area contributed by atoms with Gasteiger partial charge in [-0.3, -0.25) is 9.59 Å². The molecule has 0 radical (unpaired) electrons. The Morgan fingerprint density at radius 2 is 1.84 bits per heavy atom. The zero-order valence-corrected chi connectivity index (χ0v) is 20.7. The lowest BCUT2D eigenvalue weighted by Crippen LogP contribution is -2.49. The summed E-state index contributed by atoms with van der Waals surface area (Å²) >= 11 is 13.8. The maximum atomic E-state index is 13.2. The summed E-state index contributed by atoms with van der Waals surface area (Å²) in [6.45, 7) is 4.74. The van der Waals surface area contributed by atoms with Gasteiger partial charge in [0.1, 0.15) is 11.9 Å². The highest BCUT2D eigenvalue weighted by Gasteiger charge is 2.28. The van der Waals surface area contributed by atoms with Crippen molar-refractivity contribution in [3.8, 4) is 0 Å². The van der Waals surface area contributed by atoms with Gasteiger partial charge in [0.15, 0.2) is 0 Å². The van der Waals surface area contributed by atoms with Crippen molar-refractivity contribution in [1.29, 1.82) is 0 Å². The van der Waals surface area contributed by atoms with Crippen LogP contribution >= 0.6 is 35.0 Å². The average Bonchev–Trinajstić information content (AvgIpc) is 2.76. The van der Waals surface area contributed by atoms with Gasteiger partial charge in [-0.05, 0) is 48.2 Å². The fourth-order valence-electron chi connectivity index (χ4n) is 3.18. The molecule has 0 saturated carbocycles. The lowest BCUT2D eigenvalue weighted by atomic mass is 10.1. The van der Waals surface area contributed by atoms with E-state index in [1.165, 1.54) is 23.9 Å². The zero-order valence-electron chi connectivity index (χ0n) is 18.4. The molecular weight excluding hydrogens is 470 g/mol. The van der Waals surface area contributed by atoms with Crippen molar-refractivity contribution in [3.63, 3.8) is 0 Å². The summed E-state index contributed by atoms with van der Waals surface area (Å²) in [7, 11) is 0. The lowest BCUT2D eigenvalue weighted by Gasteiger charge is -2.31. The number of amides is 2. The van der Waals surface area contributed by atoms with Crippen LogP contribution in [0.5, 0.6) is 0 Å². The molecule has 1 atom stereocenters. The highest BCUT2D eigenvalue weighted by Crippen LogP contribution is 2.24. The van der Waals surface area contributed by atoms with E-state index < -0.39 is 6.04 Å². The predicted octanol–water partition coefficient (Wildman–Crippen LogP) is 6.09. The molecule has 0 unspecified atom stereocenters. The van der Waals surface area contributed by atoms with E-state index in [0.717, 1.165) is 24.0 Å². The third-order valence-electron chi connectivity index (χ3n) is 4.98. The molecule has 0 heterocycles. The van der Waals surface area contributed by atoms with Gasteiger partial charge in [-0.2, -0.15) is 0 Å². The zero-order chi connectivity index (χ0) is 23.5. The van der Waals surface area contributed by atoms with E-state index in [2.05, 4.69) is 12.2 Å². The molecule has 2 aromatic carbocycles. The first kappa shape index (κ1) is 26.5. The second kappa shape index (κ2) is 13.7. The van der Waals surface area contributed by atoms with Gasteiger partial charge in [0.2, 0.25) is 11.8 Å². The molecule has 0 aromatic heterocycles. The van der Waals surface area contributed by atoms with E-state index in [1.54, 1.807) is 35.2 Å². The molecule has 174 valence electrons. The van der Waals surface area contributed by atoms with Gasteiger partial charge in [-0.15, -0.1) is 11.8 Å². The molecule has 2 aromatic rings. The Bertz CT molecular complexity index is 896. The molecular formula is C24H29Cl2FN2O2S. The third kappa shape index (κ3) is 8.30. The summed E-state index contributed by atoms with van der Waals surface area (Å²) in [6, 6.07) is 10.7. The maximum absolute atomic E-state index is 13.2. The van der Waals surface area contributed by atoms with Crippen LogP contribution in [0.25, 0.3) is 0 Å². The molecule has 4 nitrogen and oxygen atoms in total. The van der Waals surface area contributed by atoms with Crippen molar-refractivity contribution in [1.82, 2.24) is 10.2 Å². The molecule has 32 heavy (non-hydrogen) atoms. The van der Waals surface area contributed by atoms with Gasteiger partial charge >= 0.3 is 0 Å². The van der Waals surface area contributed by atoms with Crippen molar-refractivity contribution in [2.45, 2.75) is 51.4 Å². The van der Waals surface area contributed by atoms with Crippen LogP contribution in [-0.4, -0.2) is 35.1 Å². The minimum atomic E-state index is -0.600. The molecule has 0 bridgehead atoms. The van der Waals surface area contributed by atoms with E-state index >= 15 is 0 Å². The quantitative estimate of drug-likeness (QED) is 0.360. The van der Waals surface area contributed by atoms with Crippen molar-refractivity contribution in [3.05, 3.63) is 69.5 Å². The van der Waals surface area contributed by atoms with Gasteiger partial charge in [-0.1, -0.05) is 61.7 Å². The number of unbranched alkanes of at least 4 members (excludes halogenated alkanes) is 1. The molecule has 0 aliphatic rings. The van der Waals surface area contributed by atoms with Gasteiger partial charge in [0, 0.05) is 28.9 Å². The number of rotatable bonds is 12. The summed E-state index contributed by atoms with van der Waals surface area (Å²) < 4.78 is 13.1. The van der Waals surface area contributed by atoms with E-state index in [0.29, 0.717) is 28.8 Å². The van der Waals surface area contributed by atoms with E-state index in [-0.39, 0.29) is 29.9 Å². The third-order valence-corrected chi connectivity index (χ3v) is 6.55. The van der Waals surface area contributed by atoms with Crippen molar-refractivity contribution < 1.29 is 14.0 Å². The number of nitrogens with one attached hydrogen (secondary N) is 1. The van der Waals surface area contributed by atoms with Crippen LogP contribution in [0, 0.1) is 5.82 Å². The number of thioether (sulfide) groups is 1. The van der Waals surface area contributed by atoms with E-state index in [9.17, 15) is 14.0 Å². The van der Waals surface area contributed by atoms with Gasteiger partial charge < -0.3 is 10.2 Å². The van der Waals surface area contributed by atoms with Crippen LogP contribution in [0.4, 0.5) is 4.39 Å². The number of carbonyl (C=O) groups is 2. The summed E-state index contributed by atoms with van der Waals surface area (Å²) in [4.78, 5) is 27.6. The van der Waals surface area contributed by atoms with E-state index in [4.69, 9.17) is 23.2 Å². The number of halogens is 3. The first-order chi connectivity index (χ1) is 15.3. The van der Waals surface area contributed by atoms with Crippen LogP contribution in [0.15, 0.2) is 42.5 Å². The van der Waals surface area contributed by atoms with Crippen LogP contribution in [0.1, 0.15) is 44.2 Å². The Hall–Kier alpha value is -1.76. The molecule has 0 aliphatic carbocycles. The Morgan fingerprint density at radius 3 is 2.47 bits per heavy atom. The van der Waals surface area contributed by atoms with Crippen LogP contribution < -0.4 is 5.32 Å². The minimum absolute atomic E-state index is 0.152. The molecule has 8 heteroatoms. The number of hydrogen-bond acceptors (Lipinski definition) is 3. The Kier molecular flexibility index (Phi) is 11.4. The minimum Gasteiger partial charge on any atom is -0.354 e. The SMILES string of the molecule is CCCCNC(=O)[C@H](CC)N(Cc1ccc(Cl)cc1Cl)C(=O)CSCc1ccc(F)cc1. The van der Waals surface area contributed by atoms with Gasteiger partial charge in [0.05, 0.1) is 5.75 Å². The normalized spacial score (nSPS) is 11.8. The van der Waals surface area contributed by atoms with Crippen molar-refractivity contribution in [2.24, 2.45) is 0 Å². The van der Waals surface area contributed by atoms with Crippen LogP contribution in [0.2, 0.25) is 10.0 Å². The fraction of sp³-hybridized carbons (Fsp3) is 0.417. The average molecular weight is 499 g/mol. The molecule has 2 amide bonds. The standard InChI is InChI=1S/C24H29Cl2FN2O2S/c1-3-5-12-28-24(31)22(4-2)29(14-18-8-9-19(25)13-21(18)26)23(30)16-32-15-17-6-10-20(27)11-7-17/h6-11,13,22H,3-5,12,14-16H2,1-2H3,(H,28,31)/t22-/m0/s1. The predicted molar refractivity (Wildman–Crippen MR) is 132 cm³/mol. The molecule has 2 rings (SSSR count). The van der Waals surface area contributed by atoms with E-state index in [1.807, 2.05) is 6.92 Å². The van der Waals surface area contributed by atoms with Crippen molar-refractivity contribution >= 4 is 46.8 Å². The molecule has 0 saturated heterocycles. The Morgan fingerprint density at radius 1 is 1.12 bits per heavy atom. The maximum Gasteiger partial charge on any atom is 0.242 e. The second-order valence-electron chi connectivity index (χ2n) is 7.45. The Labute approximate surface area is 203 Å². The molecule has 1 N–H and O–H groups in total. The van der Waals surface area contributed by atoms with Crippen molar-refractivity contribution in [2.75, 3.05) is 12.3 Å². The lowest BCUT2D eigenvalue weighted by molar-refractivity contribution is -0.139. The summed E-state index contributed by atoms with van der Waals surface area (Å²) in [6.07, 6.45) is 2.34. The highest BCUT2D eigenvalue weighted by molar-refractivity contribution is 7.99. The summed E-state index contributed by atoms with van der Waals surface area (Å²) in [5, 5.41) is 3.90. The highest BCUT2D eigenvalue weighted by atomic mass is 35.5. The number of nitrogens with zero attached hydrogens (tertiary/aromatic N) is 1. The largest absolute Gasteiger partial charge is 0.354 e. The van der Waals surface area contributed by atoms with Crippen LogP contribution in [-0.2, 0) is 21.9 Å². The van der Waals surface area contributed by atoms with Gasteiger partial charge in [0.25, 0.3) is 0 Å². The number of hydrogen-bond donors (Lipinski definition) is 1. The first-order valence-corrected chi connectivity index (χ1v) is 12.6. The molecule has 0 fully saturated rings. The molecule has 0 spiro atoms. The smallest absolute Gasteiger partial charge is 0.242 e. The molecule has 0 aliphatic heterocycles.